The lowest BCUT2D eigenvalue weighted by atomic mass is 10.3. The zero-order valence-corrected chi connectivity index (χ0v) is 10.3. The maximum atomic E-state index is 5.53. The zero-order valence-electron chi connectivity index (χ0n) is 10.3. The van der Waals surface area contributed by atoms with Gasteiger partial charge in [0.15, 0.2) is 0 Å². The van der Waals surface area contributed by atoms with E-state index in [4.69, 9.17) is 10.5 Å². The molecule has 17 heavy (non-hydrogen) atoms. The highest BCUT2D eigenvalue weighted by molar-refractivity contribution is 5.26. The monoisotopic (exact) mass is 230 g/mol. The number of rotatable bonds is 1. The van der Waals surface area contributed by atoms with Gasteiger partial charge in [0.05, 0.1) is 12.9 Å². The van der Waals surface area contributed by atoms with Crippen LogP contribution in [0, 0.1) is 6.92 Å². The normalized spacial score (nSPS) is 13.8. The van der Waals surface area contributed by atoms with Crippen molar-refractivity contribution in [3.05, 3.63) is 65.9 Å². The standard InChI is InChI=1S/C8H11NO.C6H7N/c1-10-8-4-2-3-7(9)5-6-8;1-6-4-2-3-5-7-6/h2-3,5-6H,4,9H2,1H3;2-5H,1H3. The predicted octanol–water partition coefficient (Wildman–Crippen LogP) is 2.71. The molecule has 2 rings (SSSR count). The van der Waals surface area contributed by atoms with Gasteiger partial charge in [-0.3, -0.25) is 4.98 Å². The molecule has 1 heterocycles. The molecule has 1 aromatic rings. The molecule has 0 saturated heterocycles. The highest BCUT2D eigenvalue weighted by atomic mass is 16.5. The first-order valence-electron chi connectivity index (χ1n) is 5.47. The Morgan fingerprint density at radius 2 is 2.12 bits per heavy atom. The van der Waals surface area contributed by atoms with Crippen molar-refractivity contribution in [3.63, 3.8) is 0 Å². The summed E-state index contributed by atoms with van der Waals surface area (Å²) in [6.07, 6.45) is 10.2. The van der Waals surface area contributed by atoms with E-state index in [1.54, 1.807) is 13.3 Å². The van der Waals surface area contributed by atoms with Crippen LogP contribution in [0.3, 0.4) is 0 Å². The summed E-state index contributed by atoms with van der Waals surface area (Å²) in [5.41, 5.74) is 7.37. The molecule has 0 amide bonds. The van der Waals surface area contributed by atoms with E-state index in [1.807, 2.05) is 49.4 Å². The molecule has 0 atom stereocenters. The van der Waals surface area contributed by atoms with E-state index in [1.165, 1.54) is 0 Å². The topological polar surface area (TPSA) is 48.1 Å². The van der Waals surface area contributed by atoms with Crippen molar-refractivity contribution in [3.8, 4) is 0 Å². The second-order valence-electron chi connectivity index (χ2n) is 3.58. The van der Waals surface area contributed by atoms with Crippen LogP contribution in [0.1, 0.15) is 12.1 Å². The molecule has 0 spiro atoms. The van der Waals surface area contributed by atoms with Gasteiger partial charge in [-0.1, -0.05) is 12.1 Å². The number of nitrogens with zero attached hydrogens (tertiary/aromatic N) is 1. The fraction of sp³-hybridized carbons (Fsp3) is 0.214. The number of ether oxygens (including phenoxy) is 1. The lowest BCUT2D eigenvalue weighted by Gasteiger charge is -1.98. The van der Waals surface area contributed by atoms with Gasteiger partial charge in [0.2, 0.25) is 0 Å². The first-order valence-corrected chi connectivity index (χ1v) is 5.47. The molecular formula is C14H18N2O. The van der Waals surface area contributed by atoms with Crippen molar-refractivity contribution >= 4 is 0 Å². The zero-order chi connectivity index (χ0) is 12.5. The van der Waals surface area contributed by atoms with Crippen LogP contribution in [0.25, 0.3) is 0 Å². The van der Waals surface area contributed by atoms with Crippen LogP contribution in [0.4, 0.5) is 0 Å². The molecule has 3 heteroatoms. The number of nitrogens with two attached hydrogens (primary N) is 1. The van der Waals surface area contributed by atoms with Crippen molar-refractivity contribution in [2.24, 2.45) is 5.73 Å². The molecule has 0 aromatic carbocycles. The molecular weight excluding hydrogens is 212 g/mol. The van der Waals surface area contributed by atoms with Crippen molar-refractivity contribution in [2.75, 3.05) is 7.11 Å². The number of methoxy groups -OCH3 is 1. The van der Waals surface area contributed by atoms with Gasteiger partial charge in [-0.2, -0.15) is 0 Å². The highest BCUT2D eigenvalue weighted by Crippen LogP contribution is 2.08. The first kappa shape index (κ1) is 13.0. The average Bonchev–Trinajstić information content (AvgIpc) is 2.55. The summed E-state index contributed by atoms with van der Waals surface area (Å²) in [5.74, 6) is 0.941. The first-order chi connectivity index (χ1) is 8.22. The Hall–Kier alpha value is -2.03. The molecule has 0 radical (unpaired) electrons. The molecule has 0 unspecified atom stereocenters. The van der Waals surface area contributed by atoms with E-state index in [0.717, 1.165) is 23.6 Å². The van der Waals surface area contributed by atoms with Crippen LogP contribution in [0.5, 0.6) is 0 Å². The Balaban J connectivity index is 0.000000181. The quantitative estimate of drug-likeness (QED) is 0.807. The minimum atomic E-state index is 0.770. The van der Waals surface area contributed by atoms with Crippen LogP contribution in [0.15, 0.2) is 60.2 Å². The van der Waals surface area contributed by atoms with Gasteiger partial charge in [0.25, 0.3) is 0 Å². The average molecular weight is 230 g/mol. The maximum absolute atomic E-state index is 5.53. The van der Waals surface area contributed by atoms with Gasteiger partial charge >= 0.3 is 0 Å². The Labute approximate surface area is 102 Å². The van der Waals surface area contributed by atoms with Gasteiger partial charge < -0.3 is 10.5 Å². The van der Waals surface area contributed by atoms with Gasteiger partial charge in [0, 0.05) is 24.0 Å². The van der Waals surface area contributed by atoms with E-state index < -0.39 is 0 Å². The number of hydrogen-bond donors (Lipinski definition) is 1. The lowest BCUT2D eigenvalue weighted by Crippen LogP contribution is -1.89. The maximum Gasteiger partial charge on any atom is 0.0993 e. The number of hydrogen-bond acceptors (Lipinski definition) is 3. The molecule has 3 nitrogen and oxygen atoms in total. The highest BCUT2D eigenvalue weighted by Gasteiger charge is 1.94. The van der Waals surface area contributed by atoms with Gasteiger partial charge in [-0.05, 0) is 37.3 Å². The summed E-state index contributed by atoms with van der Waals surface area (Å²) in [4.78, 5) is 3.98. The minimum absolute atomic E-state index is 0.770. The Morgan fingerprint density at radius 1 is 1.29 bits per heavy atom. The number of aromatic nitrogens is 1. The summed E-state index contributed by atoms with van der Waals surface area (Å²) >= 11 is 0. The number of pyridine rings is 1. The minimum Gasteiger partial charge on any atom is -0.501 e. The molecule has 2 N–H and O–H groups in total. The molecule has 1 aliphatic rings. The van der Waals surface area contributed by atoms with E-state index in [-0.39, 0.29) is 0 Å². The molecule has 0 saturated carbocycles. The summed E-state index contributed by atoms with van der Waals surface area (Å²) in [6, 6.07) is 5.86. The van der Waals surface area contributed by atoms with Gasteiger partial charge in [0.1, 0.15) is 0 Å². The lowest BCUT2D eigenvalue weighted by molar-refractivity contribution is 0.285. The predicted molar refractivity (Wildman–Crippen MR) is 70.1 cm³/mol. The van der Waals surface area contributed by atoms with Crippen LogP contribution in [0.2, 0.25) is 0 Å². The molecule has 1 aromatic heterocycles. The second-order valence-corrected chi connectivity index (χ2v) is 3.58. The van der Waals surface area contributed by atoms with E-state index >= 15 is 0 Å². The second kappa shape index (κ2) is 7.28. The Kier molecular flexibility index (Phi) is 5.58. The fourth-order valence-corrected chi connectivity index (χ4v) is 1.22. The summed E-state index contributed by atoms with van der Waals surface area (Å²) in [6.45, 7) is 1.97. The smallest absolute Gasteiger partial charge is 0.0993 e. The van der Waals surface area contributed by atoms with E-state index in [9.17, 15) is 0 Å². The summed E-state index contributed by atoms with van der Waals surface area (Å²) in [7, 11) is 1.66. The van der Waals surface area contributed by atoms with Gasteiger partial charge in [-0.15, -0.1) is 0 Å². The molecule has 0 aliphatic heterocycles. The van der Waals surface area contributed by atoms with Crippen molar-refractivity contribution in [1.29, 1.82) is 0 Å². The van der Waals surface area contributed by atoms with Gasteiger partial charge in [-0.25, -0.2) is 0 Å². The van der Waals surface area contributed by atoms with Crippen molar-refractivity contribution in [1.82, 2.24) is 4.98 Å². The Bertz CT molecular complexity index is 419. The summed E-state index contributed by atoms with van der Waals surface area (Å²) in [5, 5.41) is 0. The van der Waals surface area contributed by atoms with E-state index in [2.05, 4.69) is 4.98 Å². The van der Waals surface area contributed by atoms with Crippen LogP contribution < -0.4 is 5.73 Å². The van der Waals surface area contributed by atoms with Crippen molar-refractivity contribution in [2.45, 2.75) is 13.3 Å². The fourth-order valence-electron chi connectivity index (χ4n) is 1.22. The molecule has 90 valence electrons. The molecule has 1 aliphatic carbocycles. The SMILES string of the molecule is COC1=CC=C(N)C=CC1.Cc1ccccn1. The largest absolute Gasteiger partial charge is 0.501 e. The Morgan fingerprint density at radius 3 is 2.65 bits per heavy atom. The van der Waals surface area contributed by atoms with Crippen molar-refractivity contribution < 1.29 is 4.74 Å². The third-order valence-corrected chi connectivity index (χ3v) is 2.17. The number of aryl methyl sites for hydroxylation is 1. The molecule has 0 bridgehead atoms. The third kappa shape index (κ3) is 5.56. The number of allylic oxidation sites excluding steroid dienone is 4. The third-order valence-electron chi connectivity index (χ3n) is 2.17. The van der Waals surface area contributed by atoms with Crippen LogP contribution in [-0.2, 0) is 4.74 Å². The summed E-state index contributed by atoms with van der Waals surface area (Å²) < 4.78 is 5.03. The van der Waals surface area contributed by atoms with Crippen LogP contribution in [-0.4, -0.2) is 12.1 Å². The molecule has 0 fully saturated rings. The van der Waals surface area contributed by atoms with Crippen LogP contribution >= 0.6 is 0 Å². The van der Waals surface area contributed by atoms with E-state index in [0.29, 0.717) is 0 Å².